The topological polar surface area (TPSA) is 69.7 Å². The fourth-order valence-electron chi connectivity index (χ4n) is 3.61. The van der Waals surface area contributed by atoms with Gasteiger partial charge in [0.25, 0.3) is 5.91 Å². The first kappa shape index (κ1) is 18.2. The van der Waals surface area contributed by atoms with Crippen LogP contribution >= 0.6 is 27.3 Å². The van der Waals surface area contributed by atoms with Crippen molar-refractivity contribution in [1.82, 2.24) is 10.2 Å². The summed E-state index contributed by atoms with van der Waals surface area (Å²) in [5.74, 6) is -0.267. The molecule has 0 spiro atoms. The third-order valence-corrected chi connectivity index (χ3v) is 6.31. The summed E-state index contributed by atoms with van der Waals surface area (Å²) in [4.78, 5) is 41.7. The van der Waals surface area contributed by atoms with E-state index in [-0.39, 0.29) is 23.9 Å². The van der Waals surface area contributed by atoms with Crippen molar-refractivity contribution in [2.24, 2.45) is 0 Å². The number of urea groups is 1. The van der Waals surface area contributed by atoms with Gasteiger partial charge in [-0.05, 0) is 48.6 Å². The molecule has 0 bridgehead atoms. The second-order valence-corrected chi connectivity index (χ2v) is 8.63. The molecule has 0 aliphatic carbocycles. The first-order chi connectivity index (χ1) is 13.0. The molecule has 1 aromatic carbocycles. The monoisotopic (exact) mass is 447 g/mol. The molecule has 2 atom stereocenters. The van der Waals surface area contributed by atoms with Gasteiger partial charge in [-0.15, -0.1) is 11.3 Å². The van der Waals surface area contributed by atoms with Crippen molar-refractivity contribution in [3.8, 4) is 0 Å². The number of halogens is 1. The zero-order chi connectivity index (χ0) is 19.0. The van der Waals surface area contributed by atoms with E-state index in [1.807, 2.05) is 17.5 Å². The number of carbonyl (C=O) groups excluding carboxylic acids is 3. The van der Waals surface area contributed by atoms with Crippen molar-refractivity contribution in [1.29, 1.82) is 0 Å². The number of fused-ring (bicyclic) bond motifs is 1. The Kier molecular flexibility index (Phi) is 5.01. The van der Waals surface area contributed by atoms with Gasteiger partial charge in [0.05, 0.1) is 12.1 Å². The van der Waals surface area contributed by atoms with Crippen molar-refractivity contribution in [3.63, 3.8) is 0 Å². The summed E-state index contributed by atoms with van der Waals surface area (Å²) in [5.41, 5.74) is 0.570. The van der Waals surface area contributed by atoms with Crippen molar-refractivity contribution in [2.75, 3.05) is 11.4 Å². The fourth-order valence-corrected chi connectivity index (χ4v) is 4.58. The van der Waals surface area contributed by atoms with E-state index in [4.69, 9.17) is 0 Å². The average molecular weight is 448 g/mol. The van der Waals surface area contributed by atoms with Crippen LogP contribution in [0.2, 0.25) is 0 Å². The number of hydrogen-bond donors (Lipinski definition) is 1. The molecular formula is C19H18BrN3O3S. The van der Waals surface area contributed by atoms with Crippen LogP contribution in [0.5, 0.6) is 0 Å². The van der Waals surface area contributed by atoms with Gasteiger partial charge in [0.15, 0.2) is 0 Å². The summed E-state index contributed by atoms with van der Waals surface area (Å²) in [6.07, 6.45) is 1.45. The van der Waals surface area contributed by atoms with Crippen LogP contribution < -0.4 is 10.2 Å². The maximum absolute atomic E-state index is 12.9. The molecule has 27 heavy (non-hydrogen) atoms. The van der Waals surface area contributed by atoms with Gasteiger partial charge in [-0.2, -0.15) is 0 Å². The van der Waals surface area contributed by atoms with Crippen molar-refractivity contribution in [3.05, 3.63) is 51.1 Å². The number of benzene rings is 1. The minimum absolute atomic E-state index is 0.0440. The standard InChI is InChI=1S/C19H18BrN3O3S/c20-12-3-5-14(6-4-12)23-18(25)16-10-13(7-8-22(16)19(23)26)21-17(24)11-15-2-1-9-27-15/h1-6,9,13,16H,7-8,10-11H2,(H,21,24)/t13-,16+/m1/s1. The lowest BCUT2D eigenvalue weighted by molar-refractivity contribution is -0.124. The third kappa shape index (κ3) is 3.64. The van der Waals surface area contributed by atoms with Crippen LogP contribution in [0, 0.1) is 0 Å². The molecule has 1 N–H and O–H groups in total. The van der Waals surface area contributed by atoms with Crippen LogP contribution in [-0.4, -0.2) is 41.4 Å². The molecule has 2 aromatic rings. The highest BCUT2D eigenvalue weighted by Gasteiger charge is 2.48. The van der Waals surface area contributed by atoms with E-state index in [0.717, 1.165) is 9.35 Å². The second-order valence-electron chi connectivity index (χ2n) is 6.69. The Morgan fingerprint density at radius 1 is 1.22 bits per heavy atom. The van der Waals surface area contributed by atoms with Gasteiger partial charge in [-0.3, -0.25) is 9.59 Å². The highest BCUT2D eigenvalue weighted by atomic mass is 79.9. The quantitative estimate of drug-likeness (QED) is 0.731. The Hall–Kier alpha value is -2.19. The predicted molar refractivity (Wildman–Crippen MR) is 107 cm³/mol. The number of rotatable bonds is 4. The zero-order valence-electron chi connectivity index (χ0n) is 14.4. The smallest absolute Gasteiger partial charge is 0.332 e. The Morgan fingerprint density at radius 3 is 2.70 bits per heavy atom. The van der Waals surface area contributed by atoms with E-state index in [1.54, 1.807) is 40.5 Å². The second kappa shape index (κ2) is 7.44. The first-order valence-corrected chi connectivity index (χ1v) is 10.4. The molecule has 140 valence electrons. The molecule has 2 fully saturated rings. The molecule has 0 radical (unpaired) electrons. The van der Waals surface area contributed by atoms with Crippen LogP contribution in [0.15, 0.2) is 46.3 Å². The first-order valence-electron chi connectivity index (χ1n) is 8.75. The third-order valence-electron chi connectivity index (χ3n) is 4.91. The summed E-state index contributed by atoms with van der Waals surface area (Å²) >= 11 is 4.91. The van der Waals surface area contributed by atoms with Crippen LogP contribution in [0.1, 0.15) is 17.7 Å². The lowest BCUT2D eigenvalue weighted by Crippen LogP contribution is -2.50. The van der Waals surface area contributed by atoms with Crippen molar-refractivity contribution >= 4 is 50.8 Å². The molecule has 1 aromatic heterocycles. The number of imide groups is 1. The molecule has 3 heterocycles. The van der Waals surface area contributed by atoms with Gasteiger partial charge < -0.3 is 10.2 Å². The molecule has 2 aliphatic heterocycles. The Labute approximate surface area is 169 Å². The molecule has 0 saturated carbocycles. The Balaban J connectivity index is 1.43. The lowest BCUT2D eigenvalue weighted by Gasteiger charge is -2.32. The van der Waals surface area contributed by atoms with Crippen LogP contribution in [0.3, 0.4) is 0 Å². The van der Waals surface area contributed by atoms with E-state index in [1.165, 1.54) is 4.90 Å². The maximum atomic E-state index is 12.9. The van der Waals surface area contributed by atoms with E-state index in [9.17, 15) is 14.4 Å². The number of amides is 4. The van der Waals surface area contributed by atoms with E-state index in [2.05, 4.69) is 21.2 Å². The van der Waals surface area contributed by atoms with Crippen LogP contribution in [-0.2, 0) is 16.0 Å². The highest BCUT2D eigenvalue weighted by Crippen LogP contribution is 2.31. The normalized spacial score (nSPS) is 22.1. The van der Waals surface area contributed by atoms with Gasteiger partial charge in [0.2, 0.25) is 5.91 Å². The highest BCUT2D eigenvalue weighted by molar-refractivity contribution is 9.10. The van der Waals surface area contributed by atoms with Gasteiger partial charge in [0, 0.05) is 21.9 Å². The molecule has 4 amide bonds. The van der Waals surface area contributed by atoms with Crippen molar-refractivity contribution in [2.45, 2.75) is 31.3 Å². The summed E-state index contributed by atoms with van der Waals surface area (Å²) < 4.78 is 0.886. The largest absolute Gasteiger partial charge is 0.353 e. The summed E-state index contributed by atoms with van der Waals surface area (Å²) in [6.45, 7) is 0.465. The summed E-state index contributed by atoms with van der Waals surface area (Å²) in [5, 5.41) is 4.97. The molecule has 6 nitrogen and oxygen atoms in total. The molecule has 0 unspecified atom stereocenters. The Bertz CT molecular complexity index is 869. The van der Waals surface area contributed by atoms with Gasteiger partial charge in [-0.25, -0.2) is 9.69 Å². The van der Waals surface area contributed by atoms with Gasteiger partial charge in [0.1, 0.15) is 6.04 Å². The maximum Gasteiger partial charge on any atom is 0.332 e. The number of nitrogens with one attached hydrogen (secondary N) is 1. The molecule has 2 saturated heterocycles. The number of thiophene rings is 1. The number of hydrogen-bond acceptors (Lipinski definition) is 4. The van der Waals surface area contributed by atoms with Crippen LogP contribution in [0.25, 0.3) is 0 Å². The number of nitrogens with zero attached hydrogens (tertiary/aromatic N) is 2. The van der Waals surface area contributed by atoms with E-state index in [0.29, 0.717) is 31.5 Å². The predicted octanol–water partition coefficient (Wildman–Crippen LogP) is 3.17. The van der Waals surface area contributed by atoms with Crippen molar-refractivity contribution < 1.29 is 14.4 Å². The molecular weight excluding hydrogens is 430 g/mol. The lowest BCUT2D eigenvalue weighted by atomic mass is 9.97. The summed E-state index contributed by atoms with van der Waals surface area (Å²) in [7, 11) is 0. The average Bonchev–Trinajstić information content (AvgIpc) is 3.23. The molecule has 4 rings (SSSR count). The minimum Gasteiger partial charge on any atom is -0.353 e. The molecule has 2 aliphatic rings. The number of anilines is 1. The van der Waals surface area contributed by atoms with E-state index >= 15 is 0 Å². The summed E-state index contributed by atoms with van der Waals surface area (Å²) in [6, 6.07) is 10.1. The number of piperidine rings is 1. The number of carbonyl (C=O) groups is 3. The minimum atomic E-state index is -0.512. The molecule has 8 heteroatoms. The van der Waals surface area contributed by atoms with Crippen LogP contribution in [0.4, 0.5) is 10.5 Å². The zero-order valence-corrected chi connectivity index (χ0v) is 16.8. The van der Waals surface area contributed by atoms with E-state index < -0.39 is 6.04 Å². The van der Waals surface area contributed by atoms with Gasteiger partial charge >= 0.3 is 6.03 Å². The van der Waals surface area contributed by atoms with Gasteiger partial charge in [-0.1, -0.05) is 22.0 Å². The fraction of sp³-hybridized carbons (Fsp3) is 0.316. The Morgan fingerprint density at radius 2 is 2.00 bits per heavy atom. The SMILES string of the molecule is O=C(Cc1cccs1)N[C@@H]1CCN2C(=O)N(c3ccc(Br)cc3)C(=O)[C@@H]2C1.